The Hall–Kier alpha value is -3.35. The molecule has 7 atom stereocenters. The van der Waals surface area contributed by atoms with Crippen molar-refractivity contribution in [3.63, 3.8) is 0 Å². The monoisotopic (exact) mass is 516 g/mol. The van der Waals surface area contributed by atoms with Gasteiger partial charge in [0.15, 0.2) is 6.61 Å². The van der Waals surface area contributed by atoms with Gasteiger partial charge in [-0.05, 0) is 79.9 Å². The smallest absolute Gasteiger partial charge is 0.341 e. The summed E-state index contributed by atoms with van der Waals surface area (Å²) < 4.78 is 5.49. The molecule has 6 rings (SSSR count). The largest absolute Gasteiger partial charge is 0.481 e. The summed E-state index contributed by atoms with van der Waals surface area (Å²) in [4.78, 5) is 36.8. The fourth-order valence-electron chi connectivity index (χ4n) is 8.64. The molecule has 3 N–H and O–H groups in total. The van der Waals surface area contributed by atoms with Crippen molar-refractivity contribution in [3.8, 4) is 5.75 Å². The Morgan fingerprint density at radius 1 is 1.03 bits per heavy atom. The molecule has 1 aliphatic heterocycles. The molecule has 1 heterocycles. The van der Waals surface area contributed by atoms with Gasteiger partial charge in [-0.2, -0.15) is 0 Å². The normalized spacial score (nSPS) is 35.5. The lowest BCUT2D eigenvalue weighted by molar-refractivity contribution is -0.139. The van der Waals surface area contributed by atoms with Gasteiger partial charge in [0.25, 0.3) is 0 Å². The summed E-state index contributed by atoms with van der Waals surface area (Å²) in [5, 5.41) is 17.1. The predicted octanol–water partition coefficient (Wildman–Crippen LogP) is 5.16. The first-order valence-corrected chi connectivity index (χ1v) is 13.9. The molecular formula is C31H36N2O5. The van der Waals surface area contributed by atoms with Gasteiger partial charge in [0, 0.05) is 33.8 Å². The number of carboxylic acids is 1. The fourth-order valence-corrected chi connectivity index (χ4v) is 8.64. The molecule has 3 aliphatic carbocycles. The first kappa shape index (κ1) is 25.0. The number of rotatable bonds is 5. The van der Waals surface area contributed by atoms with E-state index in [4.69, 9.17) is 9.84 Å². The van der Waals surface area contributed by atoms with Crippen molar-refractivity contribution in [1.82, 2.24) is 5.32 Å². The van der Waals surface area contributed by atoms with Crippen molar-refractivity contribution >= 4 is 34.2 Å². The molecule has 0 aromatic heterocycles. The Morgan fingerprint density at radius 2 is 1.82 bits per heavy atom. The maximum Gasteiger partial charge on any atom is 0.341 e. The number of carbonyl (C=O) groups is 3. The molecule has 3 saturated carbocycles. The van der Waals surface area contributed by atoms with Crippen molar-refractivity contribution < 1.29 is 24.2 Å². The highest BCUT2D eigenvalue weighted by Crippen LogP contribution is 2.65. The van der Waals surface area contributed by atoms with E-state index in [1.54, 1.807) is 12.1 Å². The van der Waals surface area contributed by atoms with Crippen molar-refractivity contribution in [2.45, 2.75) is 58.4 Å². The van der Waals surface area contributed by atoms with Crippen LogP contribution in [0, 0.1) is 34.5 Å². The Kier molecular flexibility index (Phi) is 6.00. The van der Waals surface area contributed by atoms with E-state index in [9.17, 15) is 14.4 Å². The van der Waals surface area contributed by atoms with E-state index in [0.717, 1.165) is 55.0 Å². The first-order valence-electron chi connectivity index (χ1n) is 13.9. The van der Waals surface area contributed by atoms with Crippen LogP contribution in [0.5, 0.6) is 5.75 Å². The molecule has 7 heteroatoms. The van der Waals surface area contributed by atoms with Crippen molar-refractivity contribution in [2.75, 3.05) is 11.9 Å². The second kappa shape index (κ2) is 9.14. The molecule has 200 valence electrons. The molecule has 2 aromatic rings. The standard InChI is InChI=1S/C31H36N2O5/c1-30-15-13-22-20(9-12-26-31(22,2)16-14-27(34)33-26)21(30)10-11-23(30)29(37)32-24-7-3-6-19-18(24)5-4-8-25(19)38-17-28(35)36/h3-8,14,16,20-23,26H,9-13,15,17H2,1-2H3,(H,32,37)(H,33,34)(H,35,36)/t20-,21-,22-,23+,26+,30-,31+/m0/s1. The summed E-state index contributed by atoms with van der Waals surface area (Å²) in [7, 11) is 0. The van der Waals surface area contributed by atoms with Crippen molar-refractivity contribution in [1.29, 1.82) is 0 Å². The van der Waals surface area contributed by atoms with Crippen LogP contribution in [0.3, 0.4) is 0 Å². The third-order valence-electron chi connectivity index (χ3n) is 10.5. The fraction of sp³-hybridized carbons (Fsp3) is 0.516. The lowest BCUT2D eigenvalue weighted by atomic mass is 9.48. The van der Waals surface area contributed by atoms with Gasteiger partial charge in [0.2, 0.25) is 11.8 Å². The van der Waals surface area contributed by atoms with Crippen LogP contribution in [0.25, 0.3) is 10.8 Å². The second-order valence-corrected chi connectivity index (χ2v) is 12.2. The summed E-state index contributed by atoms with van der Waals surface area (Å²) in [5.74, 6) is 1.10. The molecule has 0 radical (unpaired) electrons. The van der Waals surface area contributed by atoms with Gasteiger partial charge in [0.1, 0.15) is 5.75 Å². The molecule has 2 amide bonds. The lowest BCUT2D eigenvalue weighted by Crippen LogP contribution is -2.59. The number of carbonyl (C=O) groups excluding carboxylic acids is 2. The quantitative estimate of drug-likeness (QED) is 0.510. The summed E-state index contributed by atoms with van der Waals surface area (Å²) in [6.07, 6.45) is 10.0. The van der Waals surface area contributed by atoms with Crippen LogP contribution in [-0.2, 0) is 14.4 Å². The maximum absolute atomic E-state index is 13.8. The Morgan fingerprint density at radius 3 is 2.63 bits per heavy atom. The number of anilines is 1. The zero-order valence-electron chi connectivity index (χ0n) is 22.0. The van der Waals surface area contributed by atoms with Crippen molar-refractivity contribution in [3.05, 3.63) is 48.6 Å². The number of benzene rings is 2. The van der Waals surface area contributed by atoms with Crippen molar-refractivity contribution in [2.24, 2.45) is 34.5 Å². The number of aliphatic carboxylic acids is 1. The summed E-state index contributed by atoms with van der Waals surface area (Å²) in [6, 6.07) is 11.4. The van der Waals surface area contributed by atoms with Crippen LogP contribution in [0.1, 0.15) is 52.4 Å². The number of ether oxygens (including phenoxy) is 1. The maximum atomic E-state index is 13.8. The van der Waals surface area contributed by atoms with E-state index in [-0.39, 0.29) is 34.6 Å². The molecule has 2 aromatic carbocycles. The predicted molar refractivity (Wildman–Crippen MR) is 145 cm³/mol. The minimum absolute atomic E-state index is 0.0120. The van der Waals surface area contributed by atoms with Crippen LogP contribution >= 0.6 is 0 Å². The number of hydrogen-bond acceptors (Lipinski definition) is 4. The van der Waals surface area contributed by atoms with E-state index in [1.165, 1.54) is 0 Å². The van der Waals surface area contributed by atoms with Crippen LogP contribution in [0.15, 0.2) is 48.6 Å². The van der Waals surface area contributed by atoms with Gasteiger partial charge in [-0.3, -0.25) is 9.59 Å². The molecule has 7 nitrogen and oxygen atoms in total. The van der Waals surface area contributed by atoms with E-state index in [0.29, 0.717) is 23.5 Å². The minimum atomic E-state index is -1.03. The lowest BCUT2D eigenvalue weighted by Gasteiger charge is -2.58. The SMILES string of the molecule is C[C@]12C=CC(=O)N[C@@H]1CC[C@@H]1[C@@H]2CC[C@]2(C)[C@@H](C(=O)Nc3cccc4c(OCC(=O)O)cccc34)CC[C@@H]12. The summed E-state index contributed by atoms with van der Waals surface area (Å²) in [5.41, 5.74) is 0.670. The van der Waals surface area contributed by atoms with Gasteiger partial charge < -0.3 is 20.5 Å². The number of fused-ring (bicyclic) bond motifs is 6. The highest BCUT2D eigenvalue weighted by molar-refractivity contribution is 6.04. The third-order valence-corrected chi connectivity index (χ3v) is 10.5. The van der Waals surface area contributed by atoms with E-state index in [1.807, 2.05) is 30.3 Å². The minimum Gasteiger partial charge on any atom is -0.481 e. The number of amides is 2. The number of nitrogens with one attached hydrogen (secondary N) is 2. The molecule has 0 unspecified atom stereocenters. The Bertz CT molecular complexity index is 1340. The molecule has 3 fully saturated rings. The molecule has 0 saturated heterocycles. The van der Waals surface area contributed by atoms with Crippen LogP contribution in [0.4, 0.5) is 5.69 Å². The first-order chi connectivity index (χ1) is 18.2. The molecule has 38 heavy (non-hydrogen) atoms. The van der Waals surface area contributed by atoms with Crippen LogP contribution < -0.4 is 15.4 Å². The zero-order valence-corrected chi connectivity index (χ0v) is 22.0. The Balaban J connectivity index is 1.23. The zero-order chi connectivity index (χ0) is 26.7. The van der Waals surface area contributed by atoms with Gasteiger partial charge in [0.05, 0.1) is 0 Å². The number of hydrogen-bond donors (Lipinski definition) is 3. The van der Waals surface area contributed by atoms with Crippen LogP contribution in [0.2, 0.25) is 0 Å². The second-order valence-electron chi connectivity index (χ2n) is 12.2. The number of carboxylic acid groups (broad SMARTS) is 1. The van der Waals surface area contributed by atoms with E-state index in [2.05, 4.69) is 30.6 Å². The Labute approximate surface area is 223 Å². The molecular weight excluding hydrogens is 480 g/mol. The molecule has 4 aliphatic rings. The van der Waals surface area contributed by atoms with E-state index >= 15 is 0 Å². The van der Waals surface area contributed by atoms with Crippen LogP contribution in [-0.4, -0.2) is 35.5 Å². The average Bonchev–Trinajstić information content (AvgIpc) is 3.25. The summed E-state index contributed by atoms with van der Waals surface area (Å²) >= 11 is 0. The highest BCUT2D eigenvalue weighted by atomic mass is 16.5. The van der Waals surface area contributed by atoms with E-state index < -0.39 is 12.6 Å². The van der Waals surface area contributed by atoms with Gasteiger partial charge in [-0.25, -0.2) is 4.79 Å². The average molecular weight is 517 g/mol. The van der Waals surface area contributed by atoms with Gasteiger partial charge >= 0.3 is 5.97 Å². The molecule has 0 bridgehead atoms. The summed E-state index contributed by atoms with van der Waals surface area (Å²) in [6.45, 7) is 4.24. The molecule has 0 spiro atoms. The van der Waals surface area contributed by atoms with Gasteiger partial charge in [-0.1, -0.05) is 44.2 Å². The topological polar surface area (TPSA) is 105 Å². The third kappa shape index (κ3) is 3.89. The van der Waals surface area contributed by atoms with Gasteiger partial charge in [-0.15, -0.1) is 0 Å². The highest BCUT2D eigenvalue weighted by Gasteiger charge is 2.60.